The highest BCUT2D eigenvalue weighted by Gasteiger charge is 2.32. The van der Waals surface area contributed by atoms with E-state index in [0.29, 0.717) is 24.9 Å². The number of carbonyl (C=O) groups is 1. The zero-order valence-corrected chi connectivity index (χ0v) is 16.8. The number of nitrogens with one attached hydrogen (secondary N) is 2. The molecule has 0 radical (unpaired) electrons. The third kappa shape index (κ3) is 3.32. The van der Waals surface area contributed by atoms with E-state index in [9.17, 15) is 9.90 Å². The molecule has 0 saturated carbocycles. The van der Waals surface area contributed by atoms with Crippen molar-refractivity contribution in [2.45, 2.75) is 50.5 Å². The quantitative estimate of drug-likeness (QED) is 0.634. The summed E-state index contributed by atoms with van der Waals surface area (Å²) in [6.45, 7) is 4.51. The van der Waals surface area contributed by atoms with Crippen LogP contribution in [0.4, 0.5) is 0 Å². The number of aromatic nitrogens is 3. The Bertz CT molecular complexity index is 1020. The minimum Gasteiger partial charge on any atom is -0.384 e. The lowest BCUT2D eigenvalue weighted by atomic mass is 9.83. The van der Waals surface area contributed by atoms with Gasteiger partial charge < -0.3 is 24.9 Å². The molecule has 4 heterocycles. The number of amides is 1. The molecule has 29 heavy (non-hydrogen) atoms. The number of hydrogen-bond acceptors (Lipinski definition) is 4. The zero-order chi connectivity index (χ0) is 20.0. The second-order valence-electron chi connectivity index (χ2n) is 8.44. The van der Waals surface area contributed by atoms with Crippen LogP contribution in [-0.2, 0) is 9.53 Å². The van der Waals surface area contributed by atoms with Crippen LogP contribution in [0.5, 0.6) is 0 Å². The number of aromatic amines is 2. The third-order valence-corrected chi connectivity index (χ3v) is 6.59. The van der Waals surface area contributed by atoms with Crippen molar-refractivity contribution in [2.75, 3.05) is 26.3 Å². The Hall–Kier alpha value is -2.38. The first-order chi connectivity index (χ1) is 14.1. The lowest BCUT2D eigenvalue weighted by Crippen LogP contribution is -2.42. The first-order valence-electron chi connectivity index (χ1n) is 10.7. The molecule has 1 amide bonds. The third-order valence-electron chi connectivity index (χ3n) is 6.59. The molecule has 0 spiro atoms. The number of ether oxygens (including phenoxy) is 1. The summed E-state index contributed by atoms with van der Waals surface area (Å²) < 4.78 is 5.59. The highest BCUT2D eigenvalue weighted by molar-refractivity contribution is 5.97. The number of H-pyrrole nitrogens is 2. The Kier molecular flexibility index (Phi) is 4.80. The zero-order valence-electron chi connectivity index (χ0n) is 16.8. The smallest absolute Gasteiger partial charge is 0.251 e. The maximum atomic E-state index is 12.2. The lowest BCUT2D eigenvalue weighted by Gasteiger charge is -2.34. The van der Waals surface area contributed by atoms with Crippen molar-refractivity contribution in [1.29, 1.82) is 0 Å². The molecule has 1 atom stereocenters. The van der Waals surface area contributed by atoms with Gasteiger partial charge in [-0.25, -0.2) is 0 Å². The van der Waals surface area contributed by atoms with Crippen molar-refractivity contribution in [3.05, 3.63) is 29.6 Å². The molecule has 0 bridgehead atoms. The van der Waals surface area contributed by atoms with Crippen molar-refractivity contribution in [3.63, 3.8) is 0 Å². The van der Waals surface area contributed by atoms with Crippen molar-refractivity contribution >= 4 is 27.7 Å². The molecule has 3 N–H and O–H groups in total. The Balaban J connectivity index is 1.53. The van der Waals surface area contributed by atoms with Crippen molar-refractivity contribution in [2.24, 2.45) is 0 Å². The monoisotopic (exact) mass is 396 g/mol. The molecule has 0 unspecified atom stereocenters. The van der Waals surface area contributed by atoms with Gasteiger partial charge in [-0.1, -0.05) is 0 Å². The molecule has 2 aliphatic heterocycles. The van der Waals surface area contributed by atoms with Gasteiger partial charge >= 0.3 is 0 Å². The van der Waals surface area contributed by atoms with Crippen LogP contribution >= 0.6 is 0 Å². The van der Waals surface area contributed by atoms with Gasteiger partial charge in [0.1, 0.15) is 6.10 Å². The van der Waals surface area contributed by atoms with Crippen LogP contribution in [0.15, 0.2) is 18.3 Å². The first kappa shape index (κ1) is 18.6. The summed E-state index contributed by atoms with van der Waals surface area (Å²) in [4.78, 5) is 19.1. The maximum absolute atomic E-state index is 12.2. The van der Waals surface area contributed by atoms with E-state index in [1.165, 1.54) is 16.6 Å². The molecule has 3 aromatic rings. The van der Waals surface area contributed by atoms with E-state index >= 15 is 0 Å². The van der Waals surface area contributed by atoms with E-state index < -0.39 is 6.10 Å². The SMILES string of the molecule is C[C@@H](O)C(=O)N1CCC(c2c(C3CCOCC3)nc3cc4c[nH][nH]c4cc23)CC1. The molecule has 5 rings (SSSR count). The van der Waals surface area contributed by atoms with Gasteiger partial charge in [-0.15, -0.1) is 0 Å². The van der Waals surface area contributed by atoms with E-state index in [1.807, 2.05) is 6.20 Å². The molecular weight excluding hydrogens is 368 g/mol. The average Bonchev–Trinajstić information content (AvgIpc) is 3.35. The molecular formula is C22H28N4O3. The lowest BCUT2D eigenvalue weighted by molar-refractivity contribution is -0.140. The Morgan fingerprint density at radius 3 is 2.69 bits per heavy atom. The predicted octanol–water partition coefficient (Wildman–Crippen LogP) is 3.03. The van der Waals surface area contributed by atoms with Crippen LogP contribution in [0.3, 0.4) is 0 Å². The number of rotatable bonds is 3. The summed E-state index contributed by atoms with van der Waals surface area (Å²) in [5, 5.41) is 18.3. The van der Waals surface area contributed by atoms with Gasteiger partial charge in [0, 0.05) is 54.9 Å². The predicted molar refractivity (Wildman–Crippen MR) is 111 cm³/mol. The minimum atomic E-state index is -0.928. The maximum Gasteiger partial charge on any atom is 0.251 e. The molecule has 7 heteroatoms. The Labute approximate surface area is 169 Å². The summed E-state index contributed by atoms with van der Waals surface area (Å²) in [6, 6.07) is 4.38. The van der Waals surface area contributed by atoms with Crippen LogP contribution in [-0.4, -0.2) is 63.5 Å². The van der Waals surface area contributed by atoms with Crippen molar-refractivity contribution in [3.8, 4) is 0 Å². The summed E-state index contributed by atoms with van der Waals surface area (Å²) in [5.41, 5.74) is 4.75. The number of aliphatic hydroxyl groups excluding tert-OH is 1. The van der Waals surface area contributed by atoms with E-state index in [4.69, 9.17) is 9.72 Å². The molecule has 7 nitrogen and oxygen atoms in total. The number of hydrogen-bond donors (Lipinski definition) is 3. The van der Waals surface area contributed by atoms with Crippen LogP contribution in [0.25, 0.3) is 21.8 Å². The van der Waals surface area contributed by atoms with Gasteiger partial charge in [0.15, 0.2) is 0 Å². The molecule has 0 aliphatic carbocycles. The Morgan fingerprint density at radius 1 is 1.21 bits per heavy atom. The van der Waals surface area contributed by atoms with Gasteiger partial charge in [0.05, 0.1) is 11.0 Å². The highest BCUT2D eigenvalue weighted by atomic mass is 16.5. The average molecular weight is 396 g/mol. The molecule has 2 aromatic heterocycles. The fraction of sp³-hybridized carbons (Fsp3) is 0.545. The fourth-order valence-corrected chi connectivity index (χ4v) is 5.02. The van der Waals surface area contributed by atoms with Gasteiger partial charge in [-0.05, 0) is 56.2 Å². The van der Waals surface area contributed by atoms with Crippen molar-refractivity contribution in [1.82, 2.24) is 20.1 Å². The normalized spacial score (nSPS) is 20.6. The van der Waals surface area contributed by atoms with Gasteiger partial charge in [0.25, 0.3) is 5.91 Å². The van der Waals surface area contributed by atoms with Crippen LogP contribution in [0.2, 0.25) is 0 Å². The number of likely N-dealkylation sites (tertiary alicyclic amines) is 1. The molecule has 154 valence electrons. The molecule has 1 aromatic carbocycles. The topological polar surface area (TPSA) is 94.2 Å². The van der Waals surface area contributed by atoms with E-state index in [2.05, 4.69) is 22.3 Å². The number of aliphatic hydroxyl groups is 1. The number of benzene rings is 1. The number of piperidine rings is 1. The van der Waals surface area contributed by atoms with Gasteiger partial charge in [-0.2, -0.15) is 0 Å². The second kappa shape index (κ2) is 7.46. The number of nitrogens with zero attached hydrogens (tertiary/aromatic N) is 2. The van der Waals surface area contributed by atoms with Crippen molar-refractivity contribution < 1.29 is 14.6 Å². The molecule has 2 saturated heterocycles. The number of carbonyl (C=O) groups excluding carboxylic acids is 1. The fourth-order valence-electron chi connectivity index (χ4n) is 5.02. The second-order valence-corrected chi connectivity index (χ2v) is 8.44. The summed E-state index contributed by atoms with van der Waals surface area (Å²) in [7, 11) is 0. The largest absolute Gasteiger partial charge is 0.384 e. The first-order valence-corrected chi connectivity index (χ1v) is 10.7. The summed E-state index contributed by atoms with van der Waals surface area (Å²) in [5.74, 6) is 0.655. The summed E-state index contributed by atoms with van der Waals surface area (Å²) >= 11 is 0. The van der Waals surface area contributed by atoms with E-state index in [0.717, 1.165) is 55.3 Å². The van der Waals surface area contributed by atoms with Gasteiger partial charge in [0.2, 0.25) is 0 Å². The Morgan fingerprint density at radius 2 is 1.97 bits per heavy atom. The van der Waals surface area contributed by atoms with Crippen LogP contribution < -0.4 is 0 Å². The van der Waals surface area contributed by atoms with Crippen LogP contribution in [0, 0.1) is 0 Å². The van der Waals surface area contributed by atoms with E-state index in [-0.39, 0.29) is 5.91 Å². The number of fused-ring (bicyclic) bond motifs is 2. The van der Waals surface area contributed by atoms with Crippen LogP contribution in [0.1, 0.15) is 55.7 Å². The standard InChI is InChI=1S/C22H28N4O3/c1-13(27)22(28)26-6-2-14(3-7-26)20-17-11-18-16(12-23-25-18)10-19(17)24-21(20)15-4-8-29-9-5-15/h10-15,23,25,27H,2-9H2,1H3/t13-/m1/s1. The molecule has 2 aliphatic rings. The molecule has 2 fully saturated rings. The van der Waals surface area contributed by atoms with E-state index in [1.54, 1.807) is 11.8 Å². The van der Waals surface area contributed by atoms with Gasteiger partial charge in [-0.3, -0.25) is 9.78 Å². The minimum absolute atomic E-state index is 0.165. The summed E-state index contributed by atoms with van der Waals surface area (Å²) in [6.07, 6.45) is 4.89. The highest BCUT2D eigenvalue weighted by Crippen LogP contribution is 2.42.